The zero-order valence-electron chi connectivity index (χ0n) is 10.6. The number of morpholine rings is 1. The number of amides is 1. The molecule has 2 rings (SSSR count). The second-order valence-corrected chi connectivity index (χ2v) is 5.08. The van der Waals surface area contributed by atoms with Crippen LogP contribution in [0, 0.1) is 5.92 Å². The van der Waals surface area contributed by atoms with Crippen molar-refractivity contribution in [3.8, 4) is 0 Å². The van der Waals surface area contributed by atoms with Crippen molar-refractivity contribution in [1.82, 2.24) is 10.2 Å². The van der Waals surface area contributed by atoms with E-state index in [9.17, 15) is 4.79 Å². The van der Waals surface area contributed by atoms with Gasteiger partial charge in [-0.1, -0.05) is 12.8 Å². The van der Waals surface area contributed by atoms with Gasteiger partial charge in [0.25, 0.3) is 0 Å². The van der Waals surface area contributed by atoms with Gasteiger partial charge >= 0.3 is 0 Å². The molecule has 4 nitrogen and oxygen atoms in total. The average Bonchev–Trinajstić information content (AvgIpc) is 2.89. The van der Waals surface area contributed by atoms with E-state index in [0.717, 1.165) is 58.7 Å². The molecule has 17 heavy (non-hydrogen) atoms. The molecular weight excluding hydrogens is 216 g/mol. The number of hydrogen-bond donors (Lipinski definition) is 1. The molecule has 0 bridgehead atoms. The summed E-state index contributed by atoms with van der Waals surface area (Å²) in [5, 5.41) is 3.07. The third-order valence-corrected chi connectivity index (χ3v) is 3.78. The molecule has 1 aliphatic carbocycles. The lowest BCUT2D eigenvalue weighted by Gasteiger charge is -2.26. The minimum Gasteiger partial charge on any atom is -0.379 e. The quantitative estimate of drug-likeness (QED) is 0.729. The monoisotopic (exact) mass is 240 g/mol. The van der Waals surface area contributed by atoms with Crippen LogP contribution in [-0.2, 0) is 9.53 Å². The Morgan fingerprint density at radius 2 is 1.94 bits per heavy atom. The minimum atomic E-state index is 0.282. The van der Waals surface area contributed by atoms with Crippen molar-refractivity contribution in [2.45, 2.75) is 32.1 Å². The Labute approximate surface area is 104 Å². The fourth-order valence-electron chi connectivity index (χ4n) is 2.67. The van der Waals surface area contributed by atoms with Crippen LogP contribution in [0.25, 0.3) is 0 Å². The Kier molecular flexibility index (Phi) is 5.26. The normalized spacial score (nSPS) is 22.8. The van der Waals surface area contributed by atoms with Crippen molar-refractivity contribution in [2.75, 3.05) is 39.4 Å². The summed E-state index contributed by atoms with van der Waals surface area (Å²) in [5.74, 6) is 0.586. The van der Waals surface area contributed by atoms with Crippen LogP contribution >= 0.6 is 0 Å². The van der Waals surface area contributed by atoms with Crippen LogP contribution in [0.2, 0.25) is 0 Å². The maximum Gasteiger partial charge on any atom is 0.223 e. The number of rotatable bonds is 5. The number of nitrogens with one attached hydrogen (secondary N) is 1. The van der Waals surface area contributed by atoms with Gasteiger partial charge in [-0.05, 0) is 25.8 Å². The minimum absolute atomic E-state index is 0.282. The molecule has 0 atom stereocenters. The Morgan fingerprint density at radius 1 is 1.24 bits per heavy atom. The molecule has 1 saturated heterocycles. The Hall–Kier alpha value is -0.610. The highest BCUT2D eigenvalue weighted by Gasteiger charge is 2.21. The van der Waals surface area contributed by atoms with Crippen molar-refractivity contribution >= 4 is 5.91 Å². The van der Waals surface area contributed by atoms with Gasteiger partial charge in [-0.15, -0.1) is 0 Å². The second-order valence-electron chi connectivity index (χ2n) is 5.08. The molecule has 1 aliphatic heterocycles. The highest BCUT2D eigenvalue weighted by Crippen LogP contribution is 2.24. The van der Waals surface area contributed by atoms with Crippen LogP contribution in [0.1, 0.15) is 32.1 Å². The predicted molar refractivity (Wildman–Crippen MR) is 66.8 cm³/mol. The van der Waals surface area contributed by atoms with Crippen molar-refractivity contribution in [1.29, 1.82) is 0 Å². The van der Waals surface area contributed by atoms with Gasteiger partial charge < -0.3 is 10.1 Å². The fraction of sp³-hybridized carbons (Fsp3) is 0.923. The predicted octanol–water partition coefficient (Wildman–Crippen LogP) is 1.02. The number of carbonyl (C=O) groups is 1. The molecule has 1 N–H and O–H groups in total. The Bertz CT molecular complexity index is 234. The highest BCUT2D eigenvalue weighted by molar-refractivity contribution is 5.78. The van der Waals surface area contributed by atoms with E-state index in [1.807, 2.05) is 0 Å². The first-order valence-electron chi connectivity index (χ1n) is 6.94. The van der Waals surface area contributed by atoms with Crippen LogP contribution in [0.4, 0.5) is 0 Å². The van der Waals surface area contributed by atoms with Crippen LogP contribution in [0.3, 0.4) is 0 Å². The molecule has 4 heteroatoms. The summed E-state index contributed by atoms with van der Waals surface area (Å²) in [7, 11) is 0. The third kappa shape index (κ3) is 4.28. The topological polar surface area (TPSA) is 41.6 Å². The van der Waals surface area contributed by atoms with E-state index in [0.29, 0.717) is 5.92 Å². The number of nitrogens with zero attached hydrogens (tertiary/aromatic N) is 1. The molecule has 98 valence electrons. The fourth-order valence-corrected chi connectivity index (χ4v) is 2.67. The first kappa shape index (κ1) is 12.8. The van der Waals surface area contributed by atoms with Crippen molar-refractivity contribution in [3.63, 3.8) is 0 Å². The first-order valence-corrected chi connectivity index (χ1v) is 6.94. The van der Waals surface area contributed by atoms with E-state index in [1.165, 1.54) is 12.8 Å². The van der Waals surface area contributed by atoms with Gasteiger partial charge in [-0.25, -0.2) is 0 Å². The van der Waals surface area contributed by atoms with Crippen molar-refractivity contribution in [2.24, 2.45) is 5.92 Å². The lowest BCUT2D eigenvalue weighted by molar-refractivity contribution is -0.124. The largest absolute Gasteiger partial charge is 0.379 e. The van der Waals surface area contributed by atoms with Gasteiger partial charge in [0.1, 0.15) is 0 Å². The molecule has 0 radical (unpaired) electrons. The summed E-state index contributed by atoms with van der Waals surface area (Å²) < 4.78 is 5.30. The molecule has 2 aliphatic rings. The van der Waals surface area contributed by atoms with Crippen LogP contribution in [0.15, 0.2) is 0 Å². The number of hydrogen-bond acceptors (Lipinski definition) is 3. The number of ether oxygens (including phenoxy) is 1. The summed E-state index contributed by atoms with van der Waals surface area (Å²) in [6, 6.07) is 0. The molecule has 1 saturated carbocycles. The Balaban J connectivity index is 1.51. The van der Waals surface area contributed by atoms with Gasteiger partial charge in [0, 0.05) is 25.6 Å². The SMILES string of the molecule is O=C(NCCCN1CCOCC1)C1CCCC1. The van der Waals surface area contributed by atoms with Gasteiger partial charge in [-0.2, -0.15) is 0 Å². The van der Waals surface area contributed by atoms with Crippen LogP contribution in [0.5, 0.6) is 0 Å². The van der Waals surface area contributed by atoms with Crippen molar-refractivity contribution < 1.29 is 9.53 Å². The van der Waals surface area contributed by atoms with E-state index < -0.39 is 0 Å². The lowest BCUT2D eigenvalue weighted by atomic mass is 10.1. The summed E-state index contributed by atoms with van der Waals surface area (Å²) in [6.45, 7) is 5.69. The highest BCUT2D eigenvalue weighted by atomic mass is 16.5. The maximum atomic E-state index is 11.8. The van der Waals surface area contributed by atoms with Crippen LogP contribution in [-0.4, -0.2) is 50.2 Å². The lowest BCUT2D eigenvalue weighted by Crippen LogP contribution is -2.38. The smallest absolute Gasteiger partial charge is 0.223 e. The van der Waals surface area contributed by atoms with Gasteiger partial charge in [0.2, 0.25) is 5.91 Å². The molecule has 0 unspecified atom stereocenters. The molecule has 0 spiro atoms. The summed E-state index contributed by atoms with van der Waals surface area (Å²) >= 11 is 0. The molecule has 2 fully saturated rings. The Morgan fingerprint density at radius 3 is 2.65 bits per heavy atom. The van der Waals surface area contributed by atoms with Gasteiger partial charge in [0.05, 0.1) is 13.2 Å². The molecule has 0 aromatic rings. The van der Waals surface area contributed by atoms with Crippen molar-refractivity contribution in [3.05, 3.63) is 0 Å². The average molecular weight is 240 g/mol. The van der Waals surface area contributed by atoms with E-state index >= 15 is 0 Å². The number of carbonyl (C=O) groups excluding carboxylic acids is 1. The van der Waals surface area contributed by atoms with E-state index in [4.69, 9.17) is 4.74 Å². The first-order chi connectivity index (χ1) is 8.36. The van der Waals surface area contributed by atoms with Crippen LogP contribution < -0.4 is 5.32 Å². The standard InChI is InChI=1S/C13H24N2O2/c16-13(12-4-1-2-5-12)14-6-3-7-15-8-10-17-11-9-15/h12H,1-11H2,(H,14,16). The molecule has 1 heterocycles. The van der Waals surface area contributed by atoms with Gasteiger partial charge in [0.15, 0.2) is 0 Å². The second kappa shape index (κ2) is 6.97. The molecule has 0 aromatic heterocycles. The molecule has 0 aromatic carbocycles. The summed E-state index contributed by atoms with van der Waals surface area (Å²) in [6.07, 6.45) is 5.70. The molecule has 1 amide bonds. The van der Waals surface area contributed by atoms with E-state index in [2.05, 4.69) is 10.2 Å². The third-order valence-electron chi connectivity index (χ3n) is 3.78. The molecular formula is C13H24N2O2. The zero-order chi connectivity index (χ0) is 11.9. The summed E-state index contributed by atoms with van der Waals surface area (Å²) in [5.41, 5.74) is 0. The zero-order valence-corrected chi connectivity index (χ0v) is 10.6. The summed E-state index contributed by atoms with van der Waals surface area (Å²) in [4.78, 5) is 14.2. The van der Waals surface area contributed by atoms with E-state index in [-0.39, 0.29) is 5.91 Å². The maximum absolute atomic E-state index is 11.8. The van der Waals surface area contributed by atoms with E-state index in [1.54, 1.807) is 0 Å². The van der Waals surface area contributed by atoms with Gasteiger partial charge in [-0.3, -0.25) is 9.69 Å².